The molecule has 1 fully saturated rings. The second-order valence-corrected chi connectivity index (χ2v) is 6.85. The number of amides is 1. The van der Waals surface area contributed by atoms with E-state index in [2.05, 4.69) is 0 Å². The summed E-state index contributed by atoms with van der Waals surface area (Å²) in [4.78, 5) is 25.2. The van der Waals surface area contributed by atoms with Crippen molar-refractivity contribution in [1.29, 1.82) is 0 Å². The Morgan fingerprint density at radius 2 is 2.00 bits per heavy atom. The van der Waals surface area contributed by atoms with Gasteiger partial charge < -0.3 is 9.64 Å². The highest BCUT2D eigenvalue weighted by atomic mass is 35.5. The molecular formula is C18H16ClNO3S. The Balaban J connectivity index is 1.72. The second kappa shape index (κ2) is 7.73. The topological polar surface area (TPSA) is 46.6 Å². The first kappa shape index (κ1) is 16.9. The molecule has 1 aliphatic rings. The van der Waals surface area contributed by atoms with Crippen molar-refractivity contribution in [1.82, 2.24) is 4.90 Å². The highest BCUT2D eigenvalue weighted by molar-refractivity contribution is 8.00. The number of benzene rings is 2. The highest BCUT2D eigenvalue weighted by Crippen LogP contribution is 2.26. The van der Waals surface area contributed by atoms with Gasteiger partial charge in [-0.25, -0.2) is 4.79 Å². The summed E-state index contributed by atoms with van der Waals surface area (Å²) in [5.74, 6) is 0.964. The Kier molecular flexibility index (Phi) is 5.43. The summed E-state index contributed by atoms with van der Waals surface area (Å²) in [5.41, 5.74) is 1.94. The standard InChI is InChI=1S/C18H16ClNO3S/c19-15-6-7-16(14(9-15)8-13-4-2-1-3-5-13)23-18(22)10-20-12-24-11-17(20)21/h1-7,9H,8,10-12H2. The zero-order valence-electron chi connectivity index (χ0n) is 12.9. The van der Waals surface area contributed by atoms with E-state index in [0.29, 0.717) is 28.8 Å². The van der Waals surface area contributed by atoms with Crippen LogP contribution in [0.25, 0.3) is 0 Å². The van der Waals surface area contributed by atoms with Gasteiger partial charge in [0, 0.05) is 17.0 Å². The molecule has 0 saturated carbocycles. The van der Waals surface area contributed by atoms with Gasteiger partial charge in [0.2, 0.25) is 5.91 Å². The van der Waals surface area contributed by atoms with Gasteiger partial charge in [0.1, 0.15) is 12.3 Å². The summed E-state index contributed by atoms with van der Waals surface area (Å²) in [6.07, 6.45) is 0.614. The first-order chi connectivity index (χ1) is 11.6. The number of rotatable bonds is 5. The molecule has 1 saturated heterocycles. The summed E-state index contributed by atoms with van der Waals surface area (Å²) < 4.78 is 5.48. The predicted octanol–water partition coefficient (Wildman–Crippen LogP) is 3.37. The maximum absolute atomic E-state index is 12.1. The molecule has 3 rings (SSSR count). The van der Waals surface area contributed by atoms with Crippen LogP contribution in [0.15, 0.2) is 48.5 Å². The molecule has 0 aliphatic carbocycles. The number of hydrogen-bond donors (Lipinski definition) is 0. The van der Waals surface area contributed by atoms with Crippen molar-refractivity contribution in [3.05, 3.63) is 64.7 Å². The molecule has 1 amide bonds. The largest absolute Gasteiger partial charge is 0.425 e. The summed E-state index contributed by atoms with van der Waals surface area (Å²) >= 11 is 7.58. The van der Waals surface area contributed by atoms with Gasteiger partial charge in [-0.05, 0) is 23.8 Å². The number of esters is 1. The van der Waals surface area contributed by atoms with Crippen molar-refractivity contribution in [3.8, 4) is 5.75 Å². The molecule has 0 spiro atoms. The Morgan fingerprint density at radius 1 is 1.21 bits per heavy atom. The van der Waals surface area contributed by atoms with Gasteiger partial charge >= 0.3 is 5.97 Å². The van der Waals surface area contributed by atoms with Gasteiger partial charge in [-0.2, -0.15) is 0 Å². The minimum atomic E-state index is -0.442. The number of carbonyl (C=O) groups is 2. The summed E-state index contributed by atoms with van der Waals surface area (Å²) in [6.45, 7) is -0.0285. The number of nitrogens with zero attached hydrogens (tertiary/aromatic N) is 1. The smallest absolute Gasteiger partial charge is 0.331 e. The quantitative estimate of drug-likeness (QED) is 0.605. The van der Waals surface area contributed by atoms with Crippen molar-refractivity contribution in [2.24, 2.45) is 0 Å². The second-order valence-electron chi connectivity index (χ2n) is 5.46. The van der Waals surface area contributed by atoms with Gasteiger partial charge in [-0.3, -0.25) is 4.79 Å². The number of thioether (sulfide) groups is 1. The van der Waals surface area contributed by atoms with Gasteiger partial charge in [0.25, 0.3) is 0 Å². The molecule has 24 heavy (non-hydrogen) atoms. The van der Waals surface area contributed by atoms with Crippen LogP contribution in [-0.4, -0.2) is 35.0 Å². The minimum absolute atomic E-state index is 0.0285. The number of ether oxygens (including phenoxy) is 1. The number of hydrogen-bond acceptors (Lipinski definition) is 4. The van der Waals surface area contributed by atoms with Crippen molar-refractivity contribution in [3.63, 3.8) is 0 Å². The van der Waals surface area contributed by atoms with Crippen molar-refractivity contribution < 1.29 is 14.3 Å². The molecular weight excluding hydrogens is 346 g/mol. The molecule has 0 N–H and O–H groups in total. The number of carbonyl (C=O) groups excluding carboxylic acids is 2. The average Bonchev–Trinajstić information content (AvgIpc) is 2.96. The SMILES string of the molecule is O=C(CN1CSCC1=O)Oc1ccc(Cl)cc1Cc1ccccc1. The molecule has 1 heterocycles. The molecule has 0 radical (unpaired) electrons. The molecule has 2 aromatic carbocycles. The van der Waals surface area contributed by atoms with Crippen LogP contribution in [0.5, 0.6) is 5.75 Å². The molecule has 0 bridgehead atoms. The van der Waals surface area contributed by atoms with E-state index in [4.69, 9.17) is 16.3 Å². The maximum atomic E-state index is 12.1. The Labute approximate surface area is 149 Å². The van der Waals surface area contributed by atoms with Crippen LogP contribution in [0.3, 0.4) is 0 Å². The zero-order chi connectivity index (χ0) is 16.9. The van der Waals surface area contributed by atoms with Gasteiger partial charge in [-0.15, -0.1) is 11.8 Å². The molecule has 1 aliphatic heterocycles. The van der Waals surface area contributed by atoms with E-state index < -0.39 is 5.97 Å². The van der Waals surface area contributed by atoms with Crippen LogP contribution in [0.2, 0.25) is 5.02 Å². The zero-order valence-corrected chi connectivity index (χ0v) is 14.5. The van der Waals surface area contributed by atoms with E-state index in [1.54, 1.807) is 18.2 Å². The fraction of sp³-hybridized carbons (Fsp3) is 0.222. The third-order valence-electron chi connectivity index (χ3n) is 3.63. The minimum Gasteiger partial charge on any atom is -0.425 e. The molecule has 0 unspecified atom stereocenters. The van der Waals surface area contributed by atoms with Crippen LogP contribution in [0.1, 0.15) is 11.1 Å². The number of halogens is 1. The van der Waals surface area contributed by atoms with Crippen LogP contribution in [-0.2, 0) is 16.0 Å². The van der Waals surface area contributed by atoms with Crippen LogP contribution >= 0.6 is 23.4 Å². The van der Waals surface area contributed by atoms with E-state index in [-0.39, 0.29) is 12.5 Å². The van der Waals surface area contributed by atoms with Gasteiger partial charge in [-0.1, -0.05) is 41.9 Å². The Bertz CT molecular complexity index is 751. The average molecular weight is 362 g/mol. The molecule has 124 valence electrons. The van der Waals surface area contributed by atoms with Crippen LogP contribution in [0.4, 0.5) is 0 Å². The normalized spacial score (nSPS) is 14.0. The highest BCUT2D eigenvalue weighted by Gasteiger charge is 2.24. The van der Waals surface area contributed by atoms with Crippen LogP contribution in [0, 0.1) is 0 Å². The summed E-state index contributed by atoms with van der Waals surface area (Å²) in [6, 6.07) is 15.1. The predicted molar refractivity (Wildman–Crippen MR) is 95.4 cm³/mol. The van der Waals surface area contributed by atoms with Crippen LogP contribution < -0.4 is 4.74 Å². The van der Waals surface area contributed by atoms with Crippen molar-refractivity contribution in [2.45, 2.75) is 6.42 Å². The lowest BCUT2D eigenvalue weighted by Crippen LogP contribution is -2.33. The first-order valence-corrected chi connectivity index (χ1v) is 9.03. The lowest BCUT2D eigenvalue weighted by molar-refractivity contribution is -0.140. The van der Waals surface area contributed by atoms with Gasteiger partial charge in [0.15, 0.2) is 0 Å². The van der Waals surface area contributed by atoms with E-state index in [0.717, 1.165) is 11.1 Å². The Morgan fingerprint density at radius 3 is 2.71 bits per heavy atom. The molecule has 0 aromatic heterocycles. The molecule has 6 heteroatoms. The third kappa shape index (κ3) is 4.30. The first-order valence-electron chi connectivity index (χ1n) is 7.50. The fourth-order valence-electron chi connectivity index (χ4n) is 2.45. The van der Waals surface area contributed by atoms with E-state index in [1.165, 1.54) is 16.7 Å². The van der Waals surface area contributed by atoms with Crippen molar-refractivity contribution >= 4 is 35.2 Å². The molecule has 0 atom stereocenters. The maximum Gasteiger partial charge on any atom is 0.331 e. The fourth-order valence-corrected chi connectivity index (χ4v) is 3.55. The van der Waals surface area contributed by atoms with Crippen molar-refractivity contribution in [2.75, 3.05) is 18.2 Å². The third-order valence-corrected chi connectivity index (χ3v) is 4.81. The summed E-state index contributed by atoms with van der Waals surface area (Å²) in [7, 11) is 0. The molecule has 4 nitrogen and oxygen atoms in total. The van der Waals surface area contributed by atoms with E-state index in [9.17, 15) is 9.59 Å². The Hall–Kier alpha value is -1.98. The van der Waals surface area contributed by atoms with E-state index in [1.807, 2.05) is 30.3 Å². The summed E-state index contributed by atoms with van der Waals surface area (Å²) in [5, 5.41) is 0.590. The monoisotopic (exact) mass is 361 g/mol. The molecule has 2 aromatic rings. The van der Waals surface area contributed by atoms with Gasteiger partial charge in [0.05, 0.1) is 11.6 Å². The van der Waals surface area contributed by atoms with E-state index >= 15 is 0 Å². The lowest BCUT2D eigenvalue weighted by atomic mass is 10.0. The lowest BCUT2D eigenvalue weighted by Gasteiger charge is -2.15.